The smallest absolute Gasteiger partial charge is 0.320 e. The molecular weight excluding hydrogens is 460 g/mol. The van der Waals surface area contributed by atoms with Gasteiger partial charge in [0.1, 0.15) is 11.8 Å². The van der Waals surface area contributed by atoms with Crippen LogP contribution in [0.3, 0.4) is 0 Å². The molecule has 37 heavy (non-hydrogen) atoms. The third-order valence-electron chi connectivity index (χ3n) is 8.39. The van der Waals surface area contributed by atoms with E-state index in [0.29, 0.717) is 24.8 Å². The van der Waals surface area contributed by atoms with E-state index in [4.69, 9.17) is 4.74 Å². The fourth-order valence-electron chi connectivity index (χ4n) is 6.54. The first kappa shape index (κ1) is 25.5. The highest BCUT2D eigenvalue weighted by molar-refractivity contribution is 5.74. The molecule has 3 aliphatic rings. The van der Waals surface area contributed by atoms with Gasteiger partial charge in [0, 0.05) is 30.1 Å². The zero-order chi connectivity index (χ0) is 25.9. The molecule has 5 nitrogen and oxygen atoms in total. The first-order valence-electron chi connectivity index (χ1n) is 13.5. The number of fused-ring (bicyclic) bond motifs is 3. The van der Waals surface area contributed by atoms with Crippen LogP contribution < -0.4 is 10.1 Å². The minimum atomic E-state index is -0.709. The summed E-state index contributed by atoms with van der Waals surface area (Å²) in [6.45, 7) is 5.91. The number of ether oxygens (including phenoxy) is 1. The van der Waals surface area contributed by atoms with Gasteiger partial charge >= 0.3 is 5.97 Å². The molecule has 3 aromatic rings. The average Bonchev–Trinajstić information content (AvgIpc) is 2.93. The summed E-state index contributed by atoms with van der Waals surface area (Å²) < 4.78 is 5.72. The summed E-state index contributed by atoms with van der Waals surface area (Å²) in [7, 11) is 1.73. The number of piperidine rings is 3. The van der Waals surface area contributed by atoms with E-state index in [1.54, 1.807) is 7.11 Å². The molecule has 0 radical (unpaired) electrons. The summed E-state index contributed by atoms with van der Waals surface area (Å²) in [6, 6.07) is 27.3. The number of aliphatic carboxylic acids is 1. The Labute approximate surface area is 220 Å². The molecule has 194 valence electrons. The molecule has 0 aliphatic carbocycles. The second kappa shape index (κ2) is 11.1. The monoisotopic (exact) mass is 498 g/mol. The molecule has 5 heteroatoms. The standard InChI is InChI=1S/C32H38N2O3/c1-21(2)24-14-15-28(37-3)26(18-24)20-33-30-25-16-17-34(27(19-25)32(35)36)31(30)29(22-10-6-4-7-11-22)23-12-8-5-9-13-23/h4-15,18,21,25,27,29-31,33H,16-17,19-20H2,1-3H3,(H,35,36)/t25-,27-,30-,31-/m1/s1. The quantitative estimate of drug-likeness (QED) is 0.399. The molecular formula is C32H38N2O3. The number of carboxylic acid groups (broad SMARTS) is 1. The van der Waals surface area contributed by atoms with E-state index in [0.717, 1.165) is 24.3 Å². The molecule has 0 saturated carbocycles. The summed E-state index contributed by atoms with van der Waals surface area (Å²) in [6.07, 6.45) is 1.69. The maximum absolute atomic E-state index is 12.4. The van der Waals surface area contributed by atoms with Crippen molar-refractivity contribution in [3.8, 4) is 5.75 Å². The number of hydrogen-bond donors (Lipinski definition) is 2. The number of rotatable bonds is 9. The number of hydrogen-bond acceptors (Lipinski definition) is 4. The van der Waals surface area contributed by atoms with Crippen molar-refractivity contribution in [2.45, 2.75) is 63.2 Å². The Balaban J connectivity index is 1.54. The van der Waals surface area contributed by atoms with Crippen LogP contribution in [-0.2, 0) is 11.3 Å². The van der Waals surface area contributed by atoms with Crippen LogP contribution >= 0.6 is 0 Å². The Morgan fingerprint density at radius 3 is 2.22 bits per heavy atom. The van der Waals surface area contributed by atoms with Gasteiger partial charge in [-0.2, -0.15) is 0 Å². The lowest BCUT2D eigenvalue weighted by Gasteiger charge is -2.56. The second-order valence-electron chi connectivity index (χ2n) is 10.8. The van der Waals surface area contributed by atoms with Gasteiger partial charge in [0.25, 0.3) is 0 Å². The highest BCUT2D eigenvalue weighted by Crippen LogP contribution is 2.44. The van der Waals surface area contributed by atoms with Crippen LogP contribution in [0.5, 0.6) is 5.75 Å². The number of carboxylic acids is 1. The molecule has 3 aliphatic heterocycles. The van der Waals surface area contributed by atoms with Crippen LogP contribution in [0.4, 0.5) is 0 Å². The van der Waals surface area contributed by atoms with Crippen molar-refractivity contribution >= 4 is 5.97 Å². The van der Waals surface area contributed by atoms with E-state index >= 15 is 0 Å². The first-order chi connectivity index (χ1) is 18.0. The fraction of sp³-hybridized carbons (Fsp3) is 0.406. The third-order valence-corrected chi connectivity index (χ3v) is 8.39. The van der Waals surface area contributed by atoms with Crippen LogP contribution in [0.2, 0.25) is 0 Å². The van der Waals surface area contributed by atoms with E-state index in [1.807, 2.05) is 12.1 Å². The van der Waals surface area contributed by atoms with Gasteiger partial charge in [0.15, 0.2) is 0 Å². The van der Waals surface area contributed by atoms with Gasteiger partial charge in [-0.05, 0) is 54.0 Å². The summed E-state index contributed by atoms with van der Waals surface area (Å²) in [5.41, 5.74) is 4.89. The minimum Gasteiger partial charge on any atom is -0.496 e. The molecule has 3 fully saturated rings. The molecule has 3 heterocycles. The summed E-state index contributed by atoms with van der Waals surface area (Å²) >= 11 is 0. The molecule has 3 aromatic carbocycles. The van der Waals surface area contributed by atoms with Gasteiger partial charge in [-0.25, -0.2) is 0 Å². The van der Waals surface area contributed by atoms with Crippen LogP contribution in [0.25, 0.3) is 0 Å². The van der Waals surface area contributed by atoms with Crippen molar-refractivity contribution < 1.29 is 14.6 Å². The lowest BCUT2D eigenvalue weighted by atomic mass is 9.68. The molecule has 0 amide bonds. The van der Waals surface area contributed by atoms with Crippen molar-refractivity contribution in [2.75, 3.05) is 13.7 Å². The predicted octanol–water partition coefficient (Wildman–Crippen LogP) is 5.66. The van der Waals surface area contributed by atoms with Gasteiger partial charge < -0.3 is 15.2 Å². The summed E-state index contributed by atoms with van der Waals surface area (Å²) in [5, 5.41) is 14.1. The highest BCUT2D eigenvalue weighted by Gasteiger charge is 2.52. The maximum Gasteiger partial charge on any atom is 0.320 e. The number of benzene rings is 3. The molecule has 2 N–H and O–H groups in total. The zero-order valence-electron chi connectivity index (χ0n) is 22.0. The van der Waals surface area contributed by atoms with Crippen molar-refractivity contribution in [3.05, 3.63) is 101 Å². The molecule has 0 spiro atoms. The largest absolute Gasteiger partial charge is 0.496 e. The van der Waals surface area contributed by atoms with Gasteiger partial charge in [0.05, 0.1) is 7.11 Å². The average molecular weight is 499 g/mol. The summed E-state index contributed by atoms with van der Waals surface area (Å²) in [5.74, 6) is 0.977. The van der Waals surface area contributed by atoms with E-state index in [9.17, 15) is 9.90 Å². The zero-order valence-corrected chi connectivity index (χ0v) is 22.0. The molecule has 3 saturated heterocycles. The molecule has 2 bridgehead atoms. The number of nitrogens with zero attached hydrogens (tertiary/aromatic N) is 1. The number of carbonyl (C=O) groups is 1. The van der Waals surface area contributed by atoms with E-state index in [2.05, 4.69) is 90.8 Å². The van der Waals surface area contributed by atoms with Crippen molar-refractivity contribution in [2.24, 2.45) is 5.92 Å². The Morgan fingerprint density at radius 2 is 1.65 bits per heavy atom. The second-order valence-corrected chi connectivity index (χ2v) is 10.8. The van der Waals surface area contributed by atoms with Crippen LogP contribution in [0.15, 0.2) is 78.9 Å². The molecule has 6 rings (SSSR count). The first-order valence-corrected chi connectivity index (χ1v) is 13.5. The highest BCUT2D eigenvalue weighted by atomic mass is 16.5. The van der Waals surface area contributed by atoms with Crippen LogP contribution in [0, 0.1) is 5.92 Å². The molecule has 1 unspecified atom stereocenters. The van der Waals surface area contributed by atoms with Crippen molar-refractivity contribution in [3.63, 3.8) is 0 Å². The Kier molecular flexibility index (Phi) is 7.63. The van der Waals surface area contributed by atoms with E-state index in [1.165, 1.54) is 16.7 Å². The van der Waals surface area contributed by atoms with Gasteiger partial charge in [0.2, 0.25) is 0 Å². The predicted molar refractivity (Wildman–Crippen MR) is 147 cm³/mol. The third kappa shape index (κ3) is 5.16. The van der Waals surface area contributed by atoms with E-state index in [-0.39, 0.29) is 18.0 Å². The Bertz CT molecular complexity index is 1160. The van der Waals surface area contributed by atoms with Crippen molar-refractivity contribution in [1.82, 2.24) is 10.2 Å². The molecule has 5 atom stereocenters. The fourth-order valence-corrected chi connectivity index (χ4v) is 6.54. The van der Waals surface area contributed by atoms with Crippen molar-refractivity contribution in [1.29, 1.82) is 0 Å². The minimum absolute atomic E-state index is 0.0256. The number of nitrogens with one attached hydrogen (secondary N) is 1. The lowest BCUT2D eigenvalue weighted by molar-refractivity contribution is -0.152. The summed E-state index contributed by atoms with van der Waals surface area (Å²) in [4.78, 5) is 14.6. The van der Waals surface area contributed by atoms with Crippen LogP contribution in [0.1, 0.15) is 60.8 Å². The van der Waals surface area contributed by atoms with E-state index < -0.39 is 12.0 Å². The lowest BCUT2D eigenvalue weighted by Crippen LogP contribution is -2.69. The normalized spacial score (nSPS) is 24.9. The van der Waals surface area contributed by atoms with Gasteiger partial charge in [-0.15, -0.1) is 0 Å². The van der Waals surface area contributed by atoms with Gasteiger partial charge in [-0.3, -0.25) is 9.69 Å². The Morgan fingerprint density at radius 1 is 1.00 bits per heavy atom. The SMILES string of the molecule is COc1ccc(C(C)C)cc1CN[C@@H]1[C@@H]2CCN([C@@H](C(=O)O)C2)[C@@H]1C(c1ccccc1)c1ccccc1. The Hall–Kier alpha value is -3.15. The molecule has 0 aromatic heterocycles. The number of methoxy groups -OCH3 is 1. The van der Waals surface area contributed by atoms with Gasteiger partial charge in [-0.1, -0.05) is 86.6 Å². The van der Waals surface area contributed by atoms with Crippen LogP contribution in [-0.4, -0.2) is 47.8 Å². The maximum atomic E-state index is 12.4. The topological polar surface area (TPSA) is 61.8 Å².